The number of rotatable bonds is 6. The molecule has 0 heterocycles. The molecule has 1 amide bonds. The highest BCUT2D eigenvalue weighted by Gasteiger charge is 2.11. The Morgan fingerprint density at radius 1 is 1.08 bits per heavy atom. The van der Waals surface area contributed by atoms with Crippen LogP contribution in [0.5, 0.6) is 0 Å². The number of hydrogen-bond donors (Lipinski definition) is 0. The zero-order valence-electron chi connectivity index (χ0n) is 13.3. The van der Waals surface area contributed by atoms with Gasteiger partial charge in [0.25, 0.3) is 5.91 Å². The van der Waals surface area contributed by atoms with Crippen LogP contribution >= 0.6 is 0 Å². The summed E-state index contributed by atoms with van der Waals surface area (Å²) in [5.74, 6) is -1.26. The highest BCUT2D eigenvalue weighted by atomic mass is 19.1. The maximum atomic E-state index is 12.8. The van der Waals surface area contributed by atoms with Crippen LogP contribution in [-0.4, -0.2) is 30.4 Å². The van der Waals surface area contributed by atoms with Gasteiger partial charge < -0.3 is 9.64 Å². The molecular formula is C19H18FNO3. The lowest BCUT2D eigenvalue weighted by Crippen LogP contribution is -2.30. The topological polar surface area (TPSA) is 46.6 Å². The van der Waals surface area contributed by atoms with Crippen LogP contribution in [0.25, 0.3) is 6.08 Å². The van der Waals surface area contributed by atoms with Gasteiger partial charge >= 0.3 is 5.97 Å². The molecule has 0 saturated heterocycles. The molecule has 0 aliphatic rings. The second-order valence-electron chi connectivity index (χ2n) is 5.23. The van der Waals surface area contributed by atoms with E-state index in [-0.39, 0.29) is 18.3 Å². The van der Waals surface area contributed by atoms with Gasteiger partial charge in [0.1, 0.15) is 5.82 Å². The van der Waals surface area contributed by atoms with Crippen molar-refractivity contribution in [3.63, 3.8) is 0 Å². The summed E-state index contributed by atoms with van der Waals surface area (Å²) in [6.45, 7) is 0.124. The molecule has 24 heavy (non-hydrogen) atoms. The summed E-state index contributed by atoms with van der Waals surface area (Å²) in [6, 6.07) is 15.2. The van der Waals surface area contributed by atoms with Gasteiger partial charge in [-0.2, -0.15) is 0 Å². The van der Waals surface area contributed by atoms with E-state index in [4.69, 9.17) is 4.74 Å². The number of esters is 1. The summed E-state index contributed by atoms with van der Waals surface area (Å²) >= 11 is 0. The van der Waals surface area contributed by atoms with Crippen LogP contribution in [0.1, 0.15) is 11.1 Å². The SMILES string of the molecule is CN(Cc1ccccc1)C(=O)COC(=O)/C=C/c1ccc(F)cc1. The van der Waals surface area contributed by atoms with Gasteiger partial charge in [0.2, 0.25) is 0 Å². The summed E-state index contributed by atoms with van der Waals surface area (Å²) in [5.41, 5.74) is 1.66. The fraction of sp³-hybridized carbons (Fsp3) is 0.158. The van der Waals surface area contributed by atoms with E-state index < -0.39 is 5.97 Å². The van der Waals surface area contributed by atoms with E-state index in [1.54, 1.807) is 7.05 Å². The van der Waals surface area contributed by atoms with E-state index in [0.29, 0.717) is 12.1 Å². The second-order valence-corrected chi connectivity index (χ2v) is 5.23. The molecule has 2 aromatic carbocycles. The molecule has 2 aromatic rings. The Hall–Kier alpha value is -2.95. The van der Waals surface area contributed by atoms with E-state index in [9.17, 15) is 14.0 Å². The van der Waals surface area contributed by atoms with Crippen LogP contribution < -0.4 is 0 Å². The van der Waals surface area contributed by atoms with Gasteiger partial charge in [0, 0.05) is 19.7 Å². The van der Waals surface area contributed by atoms with Crippen LogP contribution in [-0.2, 0) is 20.9 Å². The van der Waals surface area contributed by atoms with Crippen LogP contribution in [0.4, 0.5) is 4.39 Å². The molecule has 2 rings (SSSR count). The van der Waals surface area contributed by atoms with Gasteiger partial charge in [0.15, 0.2) is 6.61 Å². The third-order valence-electron chi connectivity index (χ3n) is 3.31. The molecule has 0 N–H and O–H groups in total. The Bertz CT molecular complexity index is 711. The lowest BCUT2D eigenvalue weighted by molar-refractivity contribution is -0.147. The van der Waals surface area contributed by atoms with E-state index in [0.717, 1.165) is 5.56 Å². The Balaban J connectivity index is 1.78. The van der Waals surface area contributed by atoms with Gasteiger partial charge in [-0.3, -0.25) is 4.79 Å². The first kappa shape index (κ1) is 17.4. The Kier molecular flexibility index (Phi) is 6.25. The number of likely N-dealkylation sites (N-methyl/N-ethyl adjacent to an activating group) is 1. The molecule has 0 atom stereocenters. The van der Waals surface area contributed by atoms with Gasteiger partial charge in [-0.1, -0.05) is 42.5 Å². The average Bonchev–Trinajstić information content (AvgIpc) is 2.60. The van der Waals surface area contributed by atoms with Crippen LogP contribution in [0.15, 0.2) is 60.7 Å². The molecule has 0 fully saturated rings. The van der Waals surface area contributed by atoms with Crippen molar-refractivity contribution in [2.24, 2.45) is 0 Å². The van der Waals surface area contributed by atoms with Crippen molar-refractivity contribution in [3.05, 3.63) is 77.6 Å². The minimum atomic E-state index is -0.624. The van der Waals surface area contributed by atoms with Crippen LogP contribution in [0.2, 0.25) is 0 Å². The summed E-state index contributed by atoms with van der Waals surface area (Å²) in [5, 5.41) is 0. The predicted octanol–water partition coefficient (Wildman–Crippen LogP) is 3.04. The second kappa shape index (κ2) is 8.62. The van der Waals surface area contributed by atoms with Crippen LogP contribution in [0.3, 0.4) is 0 Å². The van der Waals surface area contributed by atoms with E-state index >= 15 is 0 Å². The fourth-order valence-electron chi connectivity index (χ4n) is 1.97. The molecule has 124 valence electrons. The van der Waals surface area contributed by atoms with E-state index in [2.05, 4.69) is 0 Å². The molecule has 0 radical (unpaired) electrons. The number of amides is 1. The van der Waals surface area contributed by atoms with Crippen molar-refractivity contribution >= 4 is 18.0 Å². The Labute approximate surface area is 140 Å². The molecule has 0 unspecified atom stereocenters. The number of halogens is 1. The summed E-state index contributed by atoms with van der Waals surface area (Å²) in [4.78, 5) is 25.1. The van der Waals surface area contributed by atoms with Crippen molar-refractivity contribution in [1.29, 1.82) is 0 Å². The molecule has 5 heteroatoms. The highest BCUT2D eigenvalue weighted by Crippen LogP contribution is 2.05. The third-order valence-corrected chi connectivity index (χ3v) is 3.31. The Morgan fingerprint density at radius 2 is 1.75 bits per heavy atom. The fourth-order valence-corrected chi connectivity index (χ4v) is 1.97. The molecule has 0 aliphatic heterocycles. The van der Waals surface area contributed by atoms with Crippen molar-refractivity contribution < 1.29 is 18.7 Å². The lowest BCUT2D eigenvalue weighted by atomic mass is 10.2. The van der Waals surface area contributed by atoms with Gasteiger partial charge in [0.05, 0.1) is 0 Å². The molecule has 0 spiro atoms. The molecule has 4 nitrogen and oxygen atoms in total. The summed E-state index contributed by atoms with van der Waals surface area (Å²) < 4.78 is 17.7. The zero-order valence-corrected chi connectivity index (χ0v) is 13.3. The molecule has 0 bridgehead atoms. The van der Waals surface area contributed by atoms with Gasteiger partial charge in [-0.25, -0.2) is 9.18 Å². The zero-order chi connectivity index (χ0) is 17.4. The minimum absolute atomic E-state index is 0.289. The monoisotopic (exact) mass is 327 g/mol. The van der Waals surface area contributed by atoms with Gasteiger partial charge in [-0.05, 0) is 29.3 Å². The number of hydrogen-bond acceptors (Lipinski definition) is 3. The highest BCUT2D eigenvalue weighted by molar-refractivity contribution is 5.89. The van der Waals surface area contributed by atoms with Gasteiger partial charge in [-0.15, -0.1) is 0 Å². The van der Waals surface area contributed by atoms with Crippen molar-refractivity contribution in [1.82, 2.24) is 4.90 Å². The van der Waals surface area contributed by atoms with E-state index in [1.807, 2.05) is 30.3 Å². The summed E-state index contributed by atoms with van der Waals surface area (Å²) in [7, 11) is 1.65. The van der Waals surface area contributed by atoms with Crippen LogP contribution in [0, 0.1) is 5.82 Å². The van der Waals surface area contributed by atoms with E-state index in [1.165, 1.54) is 41.3 Å². The molecule has 0 aliphatic carbocycles. The number of carbonyl (C=O) groups excluding carboxylic acids is 2. The number of carbonyl (C=O) groups is 2. The first-order valence-corrected chi connectivity index (χ1v) is 7.43. The minimum Gasteiger partial charge on any atom is -0.452 e. The number of benzene rings is 2. The number of nitrogens with zero attached hydrogens (tertiary/aromatic N) is 1. The largest absolute Gasteiger partial charge is 0.452 e. The first-order chi connectivity index (χ1) is 11.5. The van der Waals surface area contributed by atoms with Crippen molar-refractivity contribution in [3.8, 4) is 0 Å². The third kappa shape index (κ3) is 5.68. The normalized spacial score (nSPS) is 10.6. The first-order valence-electron chi connectivity index (χ1n) is 7.43. The quantitative estimate of drug-likeness (QED) is 0.605. The maximum absolute atomic E-state index is 12.8. The average molecular weight is 327 g/mol. The lowest BCUT2D eigenvalue weighted by Gasteiger charge is -2.16. The molecular weight excluding hydrogens is 309 g/mol. The molecule has 0 aromatic heterocycles. The predicted molar refractivity (Wildman–Crippen MR) is 89.3 cm³/mol. The summed E-state index contributed by atoms with van der Waals surface area (Å²) in [6.07, 6.45) is 2.71. The van der Waals surface area contributed by atoms with Crippen molar-refractivity contribution in [2.75, 3.05) is 13.7 Å². The number of ether oxygens (including phenoxy) is 1. The van der Waals surface area contributed by atoms with Crippen molar-refractivity contribution in [2.45, 2.75) is 6.54 Å². The Morgan fingerprint density at radius 3 is 2.42 bits per heavy atom. The maximum Gasteiger partial charge on any atom is 0.331 e. The molecule has 0 saturated carbocycles. The smallest absolute Gasteiger partial charge is 0.331 e. The standard InChI is InChI=1S/C19H18FNO3/c1-21(13-16-5-3-2-4-6-16)18(22)14-24-19(23)12-9-15-7-10-17(20)11-8-15/h2-12H,13-14H2,1H3/b12-9+.